The normalized spacial score (nSPS) is 22.6. The number of esters is 3. The fourth-order valence-electron chi connectivity index (χ4n) is 22.5. The number of hydrogen-bond donors (Lipinski definition) is 0. The highest BCUT2D eigenvalue weighted by atomic mass is 32.2. The van der Waals surface area contributed by atoms with Crippen LogP contribution in [0.15, 0.2) is 405 Å². The number of carbonyl (C=O) groups excluding carboxylic acids is 5. The summed E-state index contributed by atoms with van der Waals surface area (Å²) in [7, 11) is -0.0833. The van der Waals surface area contributed by atoms with Crippen LogP contribution in [-0.4, -0.2) is 92.4 Å². The molecule has 24 rings (SSSR count). The Morgan fingerprint density at radius 2 is 0.419 bits per heavy atom. The van der Waals surface area contributed by atoms with Gasteiger partial charge in [0.05, 0.1) is 66.4 Å². The number of alkyl halides is 12. The van der Waals surface area contributed by atoms with Crippen molar-refractivity contribution in [3.63, 3.8) is 0 Å². The van der Waals surface area contributed by atoms with E-state index in [4.69, 9.17) is 14.2 Å². The van der Waals surface area contributed by atoms with E-state index in [1.165, 1.54) is 94.7 Å². The summed E-state index contributed by atoms with van der Waals surface area (Å²) in [5.41, 5.74) is 1.74. The first-order valence-corrected chi connectivity index (χ1v) is 55.0. The molecule has 12 aromatic carbocycles. The molecule has 12 bridgehead atoms. The molecule has 12 aliphatic carbocycles. The molecule has 148 heavy (non-hydrogen) atoms. The van der Waals surface area contributed by atoms with Gasteiger partial charge in [-0.05, 0) is 299 Å². The van der Waals surface area contributed by atoms with Crippen LogP contribution in [0.1, 0.15) is 140 Å². The summed E-state index contributed by atoms with van der Waals surface area (Å²) in [6.45, 7) is 2.93. The monoisotopic (exact) mass is 2110 g/mol. The average Bonchev–Trinajstić information content (AvgIpc) is 0.725. The van der Waals surface area contributed by atoms with Crippen molar-refractivity contribution in [2.75, 3.05) is 26.8 Å². The molecule has 0 spiro atoms. The maximum absolute atomic E-state index is 13.0. The van der Waals surface area contributed by atoms with E-state index in [2.05, 4.69) is 381 Å². The van der Waals surface area contributed by atoms with Gasteiger partial charge in [-0.3, -0.25) is 33.4 Å². The summed E-state index contributed by atoms with van der Waals surface area (Å²) >= 11 is 0. The Hall–Kier alpha value is -11.2. The second-order valence-electron chi connectivity index (χ2n) is 40.3. The molecule has 0 radical (unpaired) electrons. The summed E-state index contributed by atoms with van der Waals surface area (Å²) in [6, 6.07) is 123. The van der Waals surface area contributed by atoms with Crippen molar-refractivity contribution in [1.29, 1.82) is 0 Å². The van der Waals surface area contributed by atoms with Crippen LogP contribution in [-0.2, 0) is 96.0 Å². The molecule has 0 N–H and O–H groups in total. The van der Waals surface area contributed by atoms with E-state index in [9.17, 15) is 76.7 Å². The lowest BCUT2D eigenvalue weighted by Gasteiger charge is -2.55. The van der Waals surface area contributed by atoms with E-state index in [1.54, 1.807) is 0 Å². The number of rotatable bonds is 28. The lowest BCUT2D eigenvalue weighted by molar-refractivity contribution is -0.359. The molecule has 12 saturated carbocycles. The third kappa shape index (κ3) is 27.8. The van der Waals surface area contributed by atoms with Gasteiger partial charge in [-0.1, -0.05) is 217 Å². The Morgan fingerprint density at radius 3 is 0.622 bits per heavy atom. The second kappa shape index (κ2) is 48.8. The molecule has 12 fully saturated rings. The molecule has 12 aliphatic rings. The first-order valence-electron chi connectivity index (χ1n) is 50.1. The number of halogens is 12. The van der Waals surface area contributed by atoms with Crippen LogP contribution in [0.25, 0.3) is 0 Å². The van der Waals surface area contributed by atoms with E-state index in [0.29, 0.717) is 56.3 Å². The van der Waals surface area contributed by atoms with Crippen LogP contribution >= 0.6 is 0 Å². The quantitative estimate of drug-likeness (QED) is 0.0116. The number of carbonyl (C=O) groups is 5. The van der Waals surface area contributed by atoms with Gasteiger partial charge in [-0.25, -0.2) is 0 Å². The molecule has 0 amide bonds. The largest absolute Gasteiger partial charge is 0.463 e. The molecule has 778 valence electrons. The van der Waals surface area contributed by atoms with Gasteiger partial charge in [0, 0.05) is 44.4 Å². The Bertz CT molecular complexity index is 5450. The summed E-state index contributed by atoms with van der Waals surface area (Å²) < 4.78 is 180. The number of ketones is 2. The Balaban J connectivity index is 0.000000129. The predicted molar refractivity (Wildman–Crippen MR) is 550 cm³/mol. The zero-order valence-corrected chi connectivity index (χ0v) is 86.7. The van der Waals surface area contributed by atoms with Crippen molar-refractivity contribution >= 4 is 73.1 Å². The summed E-state index contributed by atoms with van der Waals surface area (Å²) in [6.07, 6.45) is -2.40. The van der Waals surface area contributed by atoms with Gasteiger partial charge >= 0.3 is 54.0 Å². The number of benzene rings is 12. The lowest BCUT2D eigenvalue weighted by Crippen LogP contribution is -2.55. The first-order chi connectivity index (χ1) is 70.7. The highest BCUT2D eigenvalue weighted by Gasteiger charge is 2.63. The van der Waals surface area contributed by atoms with Gasteiger partial charge in [-0.2, -0.15) is 52.7 Å². The molecule has 12 aromatic rings. The molecule has 0 saturated heterocycles. The Labute approximate surface area is 870 Å². The van der Waals surface area contributed by atoms with Crippen molar-refractivity contribution in [2.24, 2.45) is 69.5 Å². The van der Waals surface area contributed by atoms with Gasteiger partial charge in [-0.15, -0.1) is 0 Å². The number of hydrogen-bond acceptors (Lipinski definition) is 11. The van der Waals surface area contributed by atoms with E-state index < -0.39 is 91.1 Å². The average molecular weight is 2110 g/mol. The van der Waals surface area contributed by atoms with Crippen LogP contribution < -0.4 is 0 Å². The minimum absolute atomic E-state index is 0.0146. The highest BCUT2D eigenvalue weighted by molar-refractivity contribution is 7.98. The maximum Gasteiger partial charge on any atom is 0.421 e. The SMILES string of the molecule is CC(F)(F)C(F)(F)OCCOC(=O)C12CC3CC(CC(C3)C1)C2.CC(F)(F)C(F)(F)OCOC(=O)C12CC3CC(C1)C(=O)C(C3)C2.CC(F)(F)C(F)(F)OCOC(=O)C12CC3CC(C1)C(=O)C(C3)C2.Cc1ccc([S+](c2ccc(C)cc2)c2ccc(C)cc2)cc1.c1ccc([S+](c2ccccc2)c2ccccc2)cc1.c1ccc([S+](c2ccccc2)c2ccccc2)cc1.c1ccc([S+](c2ccccc2)c2ccccc2)cc1. The zero-order chi connectivity index (χ0) is 105. The molecule has 0 heterocycles. The molecule has 4 atom stereocenters. The molecule has 27 heteroatoms. The van der Waals surface area contributed by atoms with Gasteiger partial charge < -0.3 is 18.9 Å². The van der Waals surface area contributed by atoms with Crippen LogP contribution in [0.3, 0.4) is 0 Å². The summed E-state index contributed by atoms with van der Waals surface area (Å²) in [4.78, 5) is 77.4. The third-order valence-corrected chi connectivity index (χ3v) is 37.8. The molecule has 0 aromatic heterocycles. The fourth-order valence-corrected chi connectivity index (χ4v) is 30.8. The number of Topliss-reactive ketones (excluding diaryl/α,β-unsaturated/α-hetero) is 2. The zero-order valence-electron chi connectivity index (χ0n) is 83.4. The topological polar surface area (TPSA) is 141 Å². The third-order valence-electron chi connectivity index (χ3n) is 28.9. The Morgan fingerprint density at radius 1 is 0.243 bits per heavy atom. The maximum atomic E-state index is 13.0. The standard InChI is InChI=1S/C21H21S.3C18H15S.C16H22F4O3.2C15H18F4O4/c1-16-4-10-19(11-5-16)22(20-12-6-17(2)7-13-20)21-14-8-18(3)9-15-21;3*1-4-10-16(11-5-1)19(17-12-6-2-7-13-17)18-14-8-3-9-15-18;1-14(17,18)16(19,20)23-3-2-22-13(21)15-7-10-4-11(8-15)6-12(5-10)9-15;2*1-13(16,17)15(18,19)23-7-22-12(21)14-4-8-2-9(5-14)11(20)10(3-8)6-14/h4-15H,1-3H3;3*1-15H;10-12H,2-9H2,1H3;2*8-10H,2-7H2,1H3/q4*+1;;;. The minimum Gasteiger partial charge on any atom is -0.463 e. The molecular weight excluding hydrogens is 1990 g/mol. The smallest absolute Gasteiger partial charge is 0.421 e. The van der Waals surface area contributed by atoms with Crippen molar-refractivity contribution < 1.29 is 105 Å². The lowest BCUT2D eigenvalue weighted by atomic mass is 9.49. The molecule has 0 aliphatic heterocycles. The summed E-state index contributed by atoms with van der Waals surface area (Å²) in [5, 5.41) is 0. The Kier molecular flexibility index (Phi) is 36.6. The van der Waals surface area contributed by atoms with Crippen LogP contribution in [0.5, 0.6) is 0 Å². The van der Waals surface area contributed by atoms with Crippen molar-refractivity contribution in [3.05, 3.63) is 362 Å². The molecular formula is C121H124F12O11S4+4. The first kappa shape index (κ1) is 111. The van der Waals surface area contributed by atoms with Crippen LogP contribution in [0, 0.1) is 90.3 Å². The highest BCUT2D eigenvalue weighted by Crippen LogP contribution is 2.63. The second-order valence-corrected chi connectivity index (χ2v) is 48.4. The van der Waals surface area contributed by atoms with E-state index in [0.717, 1.165) is 44.9 Å². The van der Waals surface area contributed by atoms with Crippen LogP contribution in [0.4, 0.5) is 52.7 Å². The van der Waals surface area contributed by atoms with Crippen molar-refractivity contribution in [2.45, 2.75) is 239 Å². The summed E-state index contributed by atoms with van der Waals surface area (Å²) in [5.74, 6) is -12.9. The minimum atomic E-state index is -4.70. The van der Waals surface area contributed by atoms with E-state index in [-0.39, 0.29) is 117 Å². The van der Waals surface area contributed by atoms with Crippen molar-refractivity contribution in [3.8, 4) is 0 Å². The predicted octanol–water partition coefficient (Wildman–Crippen LogP) is 30.4. The van der Waals surface area contributed by atoms with Gasteiger partial charge in [0.25, 0.3) is 0 Å². The number of aryl methyl sites for hydroxylation is 3. The van der Waals surface area contributed by atoms with E-state index >= 15 is 0 Å². The molecule has 4 unspecified atom stereocenters. The molecule has 11 nitrogen and oxygen atoms in total. The van der Waals surface area contributed by atoms with E-state index in [1.807, 2.05) is 0 Å². The number of ether oxygens (including phenoxy) is 6. The fraction of sp³-hybridized carbons (Fsp3) is 0.364. The van der Waals surface area contributed by atoms with Crippen LogP contribution in [0.2, 0.25) is 0 Å². The van der Waals surface area contributed by atoms with Gasteiger partial charge in [0.2, 0.25) is 0 Å². The van der Waals surface area contributed by atoms with Gasteiger partial charge in [0.15, 0.2) is 72.3 Å². The van der Waals surface area contributed by atoms with Crippen molar-refractivity contribution in [1.82, 2.24) is 0 Å². The van der Waals surface area contributed by atoms with Gasteiger partial charge in [0.1, 0.15) is 18.2 Å².